The van der Waals surface area contributed by atoms with Crippen molar-refractivity contribution in [2.24, 2.45) is 0 Å². The Hall–Kier alpha value is -2.21. The SMILES string of the molecule is CC1c2ccsc2CCN1C(=O)c1cc(C(=O)O)ccn1. The summed E-state index contributed by atoms with van der Waals surface area (Å²) in [5, 5.41) is 11.0. The van der Waals surface area contributed by atoms with Crippen molar-refractivity contribution in [3.05, 3.63) is 51.5 Å². The number of carbonyl (C=O) groups is 2. The molecule has 5 nitrogen and oxygen atoms in total. The van der Waals surface area contributed by atoms with E-state index < -0.39 is 5.97 Å². The van der Waals surface area contributed by atoms with Gasteiger partial charge in [-0.1, -0.05) is 0 Å². The molecule has 3 heterocycles. The van der Waals surface area contributed by atoms with Crippen molar-refractivity contribution in [3.63, 3.8) is 0 Å². The van der Waals surface area contributed by atoms with E-state index in [1.165, 1.54) is 28.8 Å². The van der Waals surface area contributed by atoms with E-state index in [1.54, 1.807) is 16.2 Å². The van der Waals surface area contributed by atoms with Crippen molar-refractivity contribution in [2.75, 3.05) is 6.54 Å². The molecule has 0 saturated heterocycles. The van der Waals surface area contributed by atoms with E-state index in [0.717, 1.165) is 6.42 Å². The minimum Gasteiger partial charge on any atom is -0.478 e. The summed E-state index contributed by atoms with van der Waals surface area (Å²) in [6.07, 6.45) is 2.20. The summed E-state index contributed by atoms with van der Waals surface area (Å²) in [6.45, 7) is 2.62. The summed E-state index contributed by atoms with van der Waals surface area (Å²) in [7, 11) is 0. The number of fused-ring (bicyclic) bond motifs is 1. The van der Waals surface area contributed by atoms with Gasteiger partial charge in [0.2, 0.25) is 0 Å². The van der Waals surface area contributed by atoms with Crippen molar-refractivity contribution in [2.45, 2.75) is 19.4 Å². The van der Waals surface area contributed by atoms with Crippen LogP contribution in [0.4, 0.5) is 0 Å². The van der Waals surface area contributed by atoms with Gasteiger partial charge in [0.1, 0.15) is 5.69 Å². The molecule has 1 aliphatic heterocycles. The fourth-order valence-electron chi connectivity index (χ4n) is 2.61. The fraction of sp³-hybridized carbons (Fsp3) is 0.267. The molecule has 21 heavy (non-hydrogen) atoms. The zero-order valence-electron chi connectivity index (χ0n) is 11.4. The summed E-state index contributed by atoms with van der Waals surface area (Å²) < 4.78 is 0. The molecule has 2 aromatic rings. The van der Waals surface area contributed by atoms with E-state index in [2.05, 4.69) is 4.98 Å². The van der Waals surface area contributed by atoms with Crippen LogP contribution in [-0.4, -0.2) is 33.4 Å². The number of carbonyl (C=O) groups excluding carboxylic acids is 1. The molecule has 1 aliphatic rings. The Bertz CT molecular complexity index is 710. The van der Waals surface area contributed by atoms with E-state index >= 15 is 0 Å². The van der Waals surface area contributed by atoms with E-state index in [-0.39, 0.29) is 23.2 Å². The summed E-state index contributed by atoms with van der Waals surface area (Å²) in [5.74, 6) is -1.28. The first-order chi connectivity index (χ1) is 10.1. The molecule has 3 rings (SSSR count). The van der Waals surface area contributed by atoms with Crippen LogP contribution in [0.3, 0.4) is 0 Å². The predicted octanol–water partition coefficient (Wildman–Crippen LogP) is 2.60. The van der Waals surface area contributed by atoms with Crippen LogP contribution in [0, 0.1) is 0 Å². The fourth-order valence-corrected chi connectivity index (χ4v) is 3.58. The molecule has 6 heteroatoms. The first kappa shape index (κ1) is 13.8. The Morgan fingerprint density at radius 1 is 1.43 bits per heavy atom. The number of amides is 1. The third kappa shape index (κ3) is 2.42. The molecule has 0 aliphatic carbocycles. The number of rotatable bonds is 2. The molecular formula is C15H14N2O3S. The Labute approximate surface area is 125 Å². The van der Waals surface area contributed by atoms with Crippen LogP contribution >= 0.6 is 11.3 Å². The number of nitrogens with zero attached hydrogens (tertiary/aromatic N) is 2. The molecule has 0 fully saturated rings. The molecule has 1 atom stereocenters. The lowest BCUT2D eigenvalue weighted by Gasteiger charge is -2.33. The maximum Gasteiger partial charge on any atom is 0.335 e. The Morgan fingerprint density at radius 3 is 3.00 bits per heavy atom. The van der Waals surface area contributed by atoms with Gasteiger partial charge in [0, 0.05) is 17.6 Å². The molecule has 108 valence electrons. The largest absolute Gasteiger partial charge is 0.478 e. The van der Waals surface area contributed by atoms with Gasteiger partial charge in [-0.25, -0.2) is 4.79 Å². The lowest BCUT2D eigenvalue weighted by molar-refractivity contribution is 0.0673. The van der Waals surface area contributed by atoms with Gasteiger partial charge in [-0.15, -0.1) is 11.3 Å². The standard InChI is InChI=1S/C15H14N2O3S/c1-9-11-4-7-21-13(11)3-6-17(9)14(18)12-8-10(15(19)20)2-5-16-12/h2,4-5,7-9H,3,6H2,1H3,(H,19,20). The van der Waals surface area contributed by atoms with Gasteiger partial charge in [0.25, 0.3) is 5.91 Å². The first-order valence-electron chi connectivity index (χ1n) is 6.64. The van der Waals surface area contributed by atoms with Gasteiger partial charge in [-0.2, -0.15) is 0 Å². The molecule has 0 spiro atoms. The summed E-state index contributed by atoms with van der Waals surface area (Å²) >= 11 is 1.71. The van der Waals surface area contributed by atoms with E-state index in [4.69, 9.17) is 5.11 Å². The number of carboxylic acids is 1. The number of pyridine rings is 1. The maximum atomic E-state index is 12.6. The summed E-state index contributed by atoms with van der Waals surface area (Å²) in [5.41, 5.74) is 1.43. The van der Waals surface area contributed by atoms with Crippen molar-refractivity contribution in [3.8, 4) is 0 Å². The zero-order chi connectivity index (χ0) is 15.0. The lowest BCUT2D eigenvalue weighted by atomic mass is 10.0. The quantitative estimate of drug-likeness (QED) is 0.925. The highest BCUT2D eigenvalue weighted by molar-refractivity contribution is 7.10. The van der Waals surface area contributed by atoms with Crippen LogP contribution in [0.25, 0.3) is 0 Å². The summed E-state index contributed by atoms with van der Waals surface area (Å²) in [6, 6.07) is 4.75. The van der Waals surface area contributed by atoms with Crippen molar-refractivity contribution < 1.29 is 14.7 Å². The van der Waals surface area contributed by atoms with Crippen molar-refractivity contribution in [1.82, 2.24) is 9.88 Å². The van der Waals surface area contributed by atoms with Gasteiger partial charge in [-0.05, 0) is 42.5 Å². The van der Waals surface area contributed by atoms with E-state index in [0.29, 0.717) is 6.54 Å². The highest BCUT2D eigenvalue weighted by Crippen LogP contribution is 2.33. The number of aromatic carboxylic acids is 1. The van der Waals surface area contributed by atoms with Gasteiger partial charge in [0.15, 0.2) is 0 Å². The van der Waals surface area contributed by atoms with Crippen LogP contribution in [0.5, 0.6) is 0 Å². The van der Waals surface area contributed by atoms with Crippen molar-refractivity contribution in [1.29, 1.82) is 0 Å². The van der Waals surface area contributed by atoms with E-state index in [9.17, 15) is 9.59 Å². The molecule has 0 bridgehead atoms. The number of hydrogen-bond acceptors (Lipinski definition) is 4. The molecule has 1 amide bonds. The molecule has 1 N–H and O–H groups in total. The summed E-state index contributed by atoms with van der Waals surface area (Å²) in [4.78, 5) is 30.7. The molecule has 0 saturated carbocycles. The minimum atomic E-state index is -1.06. The number of hydrogen-bond donors (Lipinski definition) is 1. The van der Waals surface area contributed by atoms with Gasteiger partial charge < -0.3 is 10.0 Å². The van der Waals surface area contributed by atoms with Gasteiger partial charge in [0.05, 0.1) is 11.6 Å². The smallest absolute Gasteiger partial charge is 0.335 e. The lowest BCUT2D eigenvalue weighted by Crippen LogP contribution is -2.38. The minimum absolute atomic E-state index is 0.0113. The van der Waals surface area contributed by atoms with E-state index in [1.807, 2.05) is 18.4 Å². The molecule has 2 aromatic heterocycles. The second-order valence-corrected chi connectivity index (χ2v) is 5.96. The maximum absolute atomic E-state index is 12.6. The number of carboxylic acid groups (broad SMARTS) is 1. The Morgan fingerprint density at radius 2 is 2.24 bits per heavy atom. The predicted molar refractivity (Wildman–Crippen MR) is 78.7 cm³/mol. The number of thiophene rings is 1. The third-order valence-electron chi connectivity index (χ3n) is 3.76. The van der Waals surface area contributed by atoms with Crippen molar-refractivity contribution >= 4 is 23.2 Å². The van der Waals surface area contributed by atoms with Crippen LogP contribution < -0.4 is 0 Å². The zero-order valence-corrected chi connectivity index (χ0v) is 12.3. The van der Waals surface area contributed by atoms with Crippen LogP contribution in [0.15, 0.2) is 29.8 Å². The van der Waals surface area contributed by atoms with Gasteiger partial charge >= 0.3 is 5.97 Å². The highest BCUT2D eigenvalue weighted by Gasteiger charge is 2.29. The second kappa shape index (κ2) is 5.29. The van der Waals surface area contributed by atoms with Crippen LogP contribution in [0.2, 0.25) is 0 Å². The first-order valence-corrected chi connectivity index (χ1v) is 7.52. The second-order valence-electron chi connectivity index (χ2n) is 4.96. The average molecular weight is 302 g/mol. The molecular weight excluding hydrogens is 288 g/mol. The molecule has 0 radical (unpaired) electrons. The molecule has 0 aromatic carbocycles. The average Bonchev–Trinajstić information content (AvgIpc) is 2.96. The van der Waals surface area contributed by atoms with Crippen LogP contribution in [-0.2, 0) is 6.42 Å². The number of aromatic nitrogens is 1. The van der Waals surface area contributed by atoms with Gasteiger partial charge in [-0.3, -0.25) is 9.78 Å². The monoisotopic (exact) mass is 302 g/mol. The Balaban J connectivity index is 1.89. The van der Waals surface area contributed by atoms with Crippen LogP contribution in [0.1, 0.15) is 44.3 Å². The Kier molecular flexibility index (Phi) is 3.47. The topological polar surface area (TPSA) is 70.5 Å². The normalized spacial score (nSPS) is 17.4. The third-order valence-corrected chi connectivity index (χ3v) is 4.76. The molecule has 1 unspecified atom stereocenters. The highest BCUT2D eigenvalue weighted by atomic mass is 32.1.